The Labute approximate surface area is 143 Å². The smallest absolute Gasteiger partial charge is 0.387 e. The molecule has 1 unspecified atom stereocenters. The Hall–Kier alpha value is -1.89. The van der Waals surface area contributed by atoms with E-state index < -0.39 is 12.6 Å². The number of nitrogens with zero attached hydrogens (tertiary/aromatic N) is 1. The predicted molar refractivity (Wildman–Crippen MR) is 83.6 cm³/mol. The molecule has 0 saturated carbocycles. The summed E-state index contributed by atoms with van der Waals surface area (Å²) in [5, 5.41) is 8.70. The average molecular weight is 362 g/mol. The minimum Gasteiger partial charge on any atom is -0.481 e. The van der Waals surface area contributed by atoms with Crippen molar-refractivity contribution in [3.63, 3.8) is 0 Å². The van der Waals surface area contributed by atoms with Crippen molar-refractivity contribution in [2.45, 2.75) is 32.3 Å². The highest BCUT2D eigenvalue weighted by Gasteiger charge is 2.25. The van der Waals surface area contributed by atoms with E-state index >= 15 is 0 Å². The van der Waals surface area contributed by atoms with Gasteiger partial charge in [0.05, 0.1) is 5.02 Å². The molecule has 1 aliphatic rings. The minimum absolute atomic E-state index is 0.0550. The van der Waals surface area contributed by atoms with Gasteiger partial charge in [-0.15, -0.1) is 0 Å². The topological polar surface area (TPSA) is 66.8 Å². The molecule has 5 nitrogen and oxygen atoms in total. The highest BCUT2D eigenvalue weighted by Crippen LogP contribution is 2.28. The largest absolute Gasteiger partial charge is 0.481 e. The van der Waals surface area contributed by atoms with Gasteiger partial charge in [-0.05, 0) is 43.4 Å². The summed E-state index contributed by atoms with van der Waals surface area (Å²) in [4.78, 5) is 24.8. The molecule has 0 bridgehead atoms. The van der Waals surface area contributed by atoms with Crippen LogP contribution in [0.25, 0.3) is 0 Å². The molecule has 1 amide bonds. The number of aliphatic carboxylic acids is 1. The Morgan fingerprint density at radius 2 is 2.17 bits per heavy atom. The van der Waals surface area contributed by atoms with E-state index in [0.29, 0.717) is 25.1 Å². The van der Waals surface area contributed by atoms with Gasteiger partial charge < -0.3 is 14.7 Å². The molecule has 1 atom stereocenters. The summed E-state index contributed by atoms with van der Waals surface area (Å²) in [5.74, 6) is -1.13. The molecule has 1 aliphatic heterocycles. The lowest BCUT2D eigenvalue weighted by Gasteiger charge is -2.32. The summed E-state index contributed by atoms with van der Waals surface area (Å²) < 4.78 is 28.7. The number of ether oxygens (including phenoxy) is 1. The first-order valence-electron chi connectivity index (χ1n) is 7.62. The van der Waals surface area contributed by atoms with Crippen molar-refractivity contribution >= 4 is 23.5 Å². The van der Waals surface area contributed by atoms with Gasteiger partial charge in [-0.3, -0.25) is 9.59 Å². The second-order valence-corrected chi connectivity index (χ2v) is 6.12. The zero-order valence-corrected chi connectivity index (χ0v) is 13.6. The van der Waals surface area contributed by atoms with Crippen LogP contribution < -0.4 is 4.74 Å². The van der Waals surface area contributed by atoms with Gasteiger partial charge in [0.1, 0.15) is 5.75 Å². The summed E-state index contributed by atoms with van der Waals surface area (Å²) in [6.45, 7) is -1.92. The molecule has 8 heteroatoms. The Morgan fingerprint density at radius 1 is 1.42 bits per heavy atom. The monoisotopic (exact) mass is 361 g/mol. The van der Waals surface area contributed by atoms with E-state index in [0.717, 1.165) is 12.8 Å². The number of rotatable bonds is 6. The second-order valence-electron chi connectivity index (χ2n) is 5.72. The van der Waals surface area contributed by atoms with E-state index in [2.05, 4.69) is 4.74 Å². The van der Waals surface area contributed by atoms with Crippen LogP contribution in [0.1, 0.15) is 36.0 Å². The Morgan fingerprint density at radius 3 is 2.79 bits per heavy atom. The van der Waals surface area contributed by atoms with Crippen LogP contribution in [0, 0.1) is 5.92 Å². The zero-order chi connectivity index (χ0) is 17.7. The number of amides is 1. The minimum atomic E-state index is -2.99. The van der Waals surface area contributed by atoms with Crippen LogP contribution in [0.3, 0.4) is 0 Å². The molecule has 0 aromatic heterocycles. The van der Waals surface area contributed by atoms with Gasteiger partial charge >= 0.3 is 12.6 Å². The van der Waals surface area contributed by atoms with Crippen LogP contribution in [0.15, 0.2) is 18.2 Å². The van der Waals surface area contributed by atoms with Crippen LogP contribution in [0.5, 0.6) is 5.75 Å². The molecule has 1 heterocycles. The number of piperidine rings is 1. The number of carboxylic acids is 1. The fourth-order valence-electron chi connectivity index (χ4n) is 2.82. The maximum absolute atomic E-state index is 12.5. The maximum Gasteiger partial charge on any atom is 0.387 e. The van der Waals surface area contributed by atoms with Gasteiger partial charge in [-0.2, -0.15) is 8.78 Å². The number of carbonyl (C=O) groups is 2. The first kappa shape index (κ1) is 18.4. The standard InChI is InChI=1S/C16H18ClF2NO4/c17-12-8-11(4-5-13(12)24-16(18)19)15(23)20-7-1-2-10(9-20)3-6-14(21)22/h4-5,8,10,16H,1-3,6-7,9H2,(H,21,22). The summed E-state index contributed by atoms with van der Waals surface area (Å²) in [6.07, 6.45) is 2.30. The SMILES string of the molecule is O=C(O)CCC1CCCN(C(=O)c2ccc(OC(F)F)c(Cl)c2)C1. The van der Waals surface area contributed by atoms with Crippen LogP contribution in [0.4, 0.5) is 8.78 Å². The fourth-order valence-corrected chi connectivity index (χ4v) is 3.05. The van der Waals surface area contributed by atoms with E-state index in [9.17, 15) is 18.4 Å². The van der Waals surface area contributed by atoms with Gasteiger partial charge in [0, 0.05) is 25.1 Å². The van der Waals surface area contributed by atoms with Crippen molar-refractivity contribution < 1.29 is 28.2 Å². The van der Waals surface area contributed by atoms with E-state index in [1.165, 1.54) is 18.2 Å². The lowest BCUT2D eigenvalue weighted by Crippen LogP contribution is -2.40. The molecule has 2 rings (SSSR count). The van der Waals surface area contributed by atoms with Crippen molar-refractivity contribution in [2.24, 2.45) is 5.92 Å². The number of carbonyl (C=O) groups excluding carboxylic acids is 1. The first-order valence-corrected chi connectivity index (χ1v) is 8.00. The third-order valence-electron chi connectivity index (χ3n) is 3.97. The molecule has 132 valence electrons. The fraction of sp³-hybridized carbons (Fsp3) is 0.500. The van der Waals surface area contributed by atoms with Crippen molar-refractivity contribution in [2.75, 3.05) is 13.1 Å². The lowest BCUT2D eigenvalue weighted by atomic mass is 9.93. The van der Waals surface area contributed by atoms with E-state index in [4.69, 9.17) is 16.7 Å². The van der Waals surface area contributed by atoms with Crippen molar-refractivity contribution in [1.29, 1.82) is 0 Å². The molecule has 0 spiro atoms. The zero-order valence-electron chi connectivity index (χ0n) is 12.9. The summed E-state index contributed by atoms with van der Waals surface area (Å²) in [6, 6.07) is 3.95. The van der Waals surface area contributed by atoms with Crippen molar-refractivity contribution in [1.82, 2.24) is 4.90 Å². The summed E-state index contributed by atoms with van der Waals surface area (Å²) in [7, 11) is 0. The highest BCUT2D eigenvalue weighted by atomic mass is 35.5. The third kappa shape index (κ3) is 5.06. The van der Waals surface area contributed by atoms with Crippen LogP contribution in [-0.4, -0.2) is 41.6 Å². The molecule has 0 aliphatic carbocycles. The molecule has 24 heavy (non-hydrogen) atoms. The number of hydrogen-bond donors (Lipinski definition) is 1. The molecule has 1 saturated heterocycles. The van der Waals surface area contributed by atoms with Gasteiger partial charge in [-0.25, -0.2) is 0 Å². The summed E-state index contributed by atoms with van der Waals surface area (Å²) >= 11 is 5.88. The van der Waals surface area contributed by atoms with Gasteiger partial charge in [-0.1, -0.05) is 11.6 Å². The maximum atomic E-state index is 12.5. The van der Waals surface area contributed by atoms with Crippen molar-refractivity contribution in [3.8, 4) is 5.75 Å². The Kier molecular flexibility index (Phi) is 6.36. The summed E-state index contributed by atoms with van der Waals surface area (Å²) in [5.41, 5.74) is 0.292. The molecule has 1 N–H and O–H groups in total. The normalized spacial score (nSPS) is 17.8. The lowest BCUT2D eigenvalue weighted by molar-refractivity contribution is -0.137. The molecular formula is C16H18ClF2NO4. The van der Waals surface area contributed by atoms with E-state index in [1.807, 2.05) is 0 Å². The third-order valence-corrected chi connectivity index (χ3v) is 4.26. The van der Waals surface area contributed by atoms with Crippen LogP contribution in [-0.2, 0) is 4.79 Å². The van der Waals surface area contributed by atoms with E-state index in [-0.39, 0.29) is 29.0 Å². The first-order chi connectivity index (χ1) is 11.4. The van der Waals surface area contributed by atoms with Gasteiger partial charge in [0.2, 0.25) is 0 Å². The number of benzene rings is 1. The Bertz CT molecular complexity index is 612. The Balaban J connectivity index is 2.02. The molecule has 0 radical (unpaired) electrons. The van der Waals surface area contributed by atoms with Gasteiger partial charge in [0.15, 0.2) is 0 Å². The molecule has 1 aromatic carbocycles. The molecular weight excluding hydrogens is 344 g/mol. The molecule has 1 aromatic rings. The number of carboxylic acid groups (broad SMARTS) is 1. The van der Waals surface area contributed by atoms with Gasteiger partial charge in [0.25, 0.3) is 5.91 Å². The van der Waals surface area contributed by atoms with Crippen LogP contribution >= 0.6 is 11.6 Å². The van der Waals surface area contributed by atoms with E-state index in [1.54, 1.807) is 4.90 Å². The number of halogens is 3. The second kappa shape index (κ2) is 8.28. The number of hydrogen-bond acceptors (Lipinski definition) is 3. The average Bonchev–Trinajstić information content (AvgIpc) is 2.54. The molecule has 1 fully saturated rings. The number of likely N-dealkylation sites (tertiary alicyclic amines) is 1. The van der Waals surface area contributed by atoms with Crippen molar-refractivity contribution in [3.05, 3.63) is 28.8 Å². The predicted octanol–water partition coefficient (Wildman–Crippen LogP) is 3.66. The highest BCUT2D eigenvalue weighted by molar-refractivity contribution is 6.32. The number of alkyl halides is 2. The quantitative estimate of drug-likeness (QED) is 0.839. The van der Waals surface area contributed by atoms with Crippen LogP contribution in [0.2, 0.25) is 5.02 Å².